The van der Waals surface area contributed by atoms with Crippen molar-refractivity contribution >= 4 is 34.4 Å². The van der Waals surface area contributed by atoms with Crippen molar-refractivity contribution in [2.75, 3.05) is 26.0 Å². The number of aromatic nitrogens is 3. The summed E-state index contributed by atoms with van der Waals surface area (Å²) in [7, 11) is 5.85. The minimum absolute atomic E-state index is 0.240. The van der Waals surface area contributed by atoms with Gasteiger partial charge in [-0.25, -0.2) is 4.79 Å². The normalized spacial score (nSPS) is 15.3. The third-order valence-electron chi connectivity index (χ3n) is 5.24. The van der Waals surface area contributed by atoms with Crippen LogP contribution in [0.2, 0.25) is 0 Å². The number of hydrogen-bond donors (Lipinski definition) is 3. The van der Waals surface area contributed by atoms with Gasteiger partial charge in [0.2, 0.25) is 5.91 Å². The predicted octanol–water partition coefficient (Wildman–Crippen LogP) is 1.86. The number of carboxylic acid groups (broad SMARTS) is 1. The fourth-order valence-corrected chi connectivity index (χ4v) is 3.51. The highest BCUT2D eigenvalue weighted by Crippen LogP contribution is 2.22. The Hall–Kier alpha value is -3.87. The smallest absolute Gasteiger partial charge is 0.475 e. The second-order valence-corrected chi connectivity index (χ2v) is 8.27. The molecule has 0 aliphatic carbocycles. The highest BCUT2D eigenvalue weighted by molar-refractivity contribution is 6.04. The van der Waals surface area contributed by atoms with Crippen LogP contribution in [-0.4, -0.2) is 75.0 Å². The van der Waals surface area contributed by atoms with E-state index >= 15 is 0 Å². The molecule has 188 valence electrons. The topological polar surface area (TPSA) is 121 Å². The molecular formula is C22H25F3N6O4. The Kier molecular flexibility index (Phi) is 7.48. The van der Waals surface area contributed by atoms with E-state index in [1.807, 2.05) is 32.3 Å². The van der Waals surface area contributed by atoms with Crippen LogP contribution in [0, 0.1) is 0 Å². The number of likely N-dealkylation sites (N-methyl/N-ethyl adjacent to an activating group) is 1. The Bertz CT molecular complexity index is 1250. The molecular weight excluding hydrogens is 469 g/mol. The van der Waals surface area contributed by atoms with Gasteiger partial charge in [-0.2, -0.15) is 18.3 Å². The van der Waals surface area contributed by atoms with Crippen LogP contribution in [0.25, 0.3) is 10.9 Å². The molecule has 3 heterocycles. The van der Waals surface area contributed by atoms with Crippen LogP contribution >= 0.6 is 0 Å². The van der Waals surface area contributed by atoms with Gasteiger partial charge < -0.3 is 25.2 Å². The quantitative estimate of drug-likeness (QED) is 0.498. The summed E-state index contributed by atoms with van der Waals surface area (Å²) >= 11 is 0. The van der Waals surface area contributed by atoms with Crippen molar-refractivity contribution in [2.45, 2.75) is 25.2 Å². The number of anilines is 1. The number of benzene rings is 1. The molecule has 3 aromatic rings. The molecule has 1 atom stereocenters. The Morgan fingerprint density at radius 1 is 1.29 bits per heavy atom. The van der Waals surface area contributed by atoms with E-state index in [1.165, 1.54) is 0 Å². The van der Waals surface area contributed by atoms with Gasteiger partial charge in [-0.05, 0) is 37.7 Å². The van der Waals surface area contributed by atoms with Gasteiger partial charge in [-0.1, -0.05) is 6.07 Å². The van der Waals surface area contributed by atoms with Crippen molar-refractivity contribution in [1.29, 1.82) is 0 Å². The minimum Gasteiger partial charge on any atom is -0.475 e. The van der Waals surface area contributed by atoms with Crippen LogP contribution in [0.4, 0.5) is 18.9 Å². The lowest BCUT2D eigenvalue weighted by atomic mass is 10.0. The number of aliphatic carboxylic acids is 1. The van der Waals surface area contributed by atoms with Gasteiger partial charge in [0, 0.05) is 44.6 Å². The van der Waals surface area contributed by atoms with Crippen molar-refractivity contribution in [3.8, 4) is 0 Å². The molecule has 0 radical (unpaired) electrons. The molecule has 35 heavy (non-hydrogen) atoms. The van der Waals surface area contributed by atoms with Gasteiger partial charge in [0.05, 0.1) is 16.8 Å². The van der Waals surface area contributed by atoms with Crippen LogP contribution in [0.1, 0.15) is 16.1 Å². The Labute approximate surface area is 198 Å². The van der Waals surface area contributed by atoms with E-state index in [4.69, 9.17) is 9.90 Å². The summed E-state index contributed by atoms with van der Waals surface area (Å²) in [4.78, 5) is 36.0. The maximum atomic E-state index is 12.7. The average molecular weight is 494 g/mol. The van der Waals surface area contributed by atoms with E-state index < -0.39 is 18.2 Å². The van der Waals surface area contributed by atoms with E-state index in [2.05, 4.69) is 37.5 Å². The largest absolute Gasteiger partial charge is 0.490 e. The maximum absolute atomic E-state index is 12.7. The van der Waals surface area contributed by atoms with Crippen LogP contribution in [-0.2, 0) is 29.6 Å². The fourth-order valence-electron chi connectivity index (χ4n) is 3.51. The minimum atomic E-state index is -5.08. The lowest BCUT2D eigenvalue weighted by molar-refractivity contribution is -0.192. The van der Waals surface area contributed by atoms with Gasteiger partial charge in [0.1, 0.15) is 6.04 Å². The summed E-state index contributed by atoms with van der Waals surface area (Å²) < 4.78 is 35.5. The monoisotopic (exact) mass is 494 g/mol. The number of fused-ring (bicyclic) bond motifs is 2. The number of carboxylic acids is 1. The molecule has 2 aromatic heterocycles. The highest BCUT2D eigenvalue weighted by Gasteiger charge is 2.38. The zero-order valence-corrected chi connectivity index (χ0v) is 19.3. The Morgan fingerprint density at radius 2 is 1.97 bits per heavy atom. The summed E-state index contributed by atoms with van der Waals surface area (Å²) in [5.41, 5.74) is 2.97. The summed E-state index contributed by atoms with van der Waals surface area (Å²) in [6, 6.07) is 7.28. The number of aryl methyl sites for hydroxylation is 1. The first-order valence-corrected chi connectivity index (χ1v) is 10.5. The maximum Gasteiger partial charge on any atom is 0.490 e. The summed E-state index contributed by atoms with van der Waals surface area (Å²) in [6.07, 6.45) is -0.965. The standard InChI is InChI=1S/C20H24N6O2.C2HF3O2/c1-24(2)8-9-26-7-6-13-4-5-14(10-18(13)26)21-20(28)17-11-16-15(19(27)22-17)12-25(3)23-16;3-2(4,5)1(6)7/h4-7,10,12,17H,8-9,11H2,1-3H3,(H,21,28)(H,22,27);(H,6,7). The first-order valence-electron chi connectivity index (χ1n) is 10.5. The van der Waals surface area contributed by atoms with E-state index in [0.717, 1.165) is 24.0 Å². The molecule has 0 saturated heterocycles. The zero-order chi connectivity index (χ0) is 25.9. The van der Waals surface area contributed by atoms with Gasteiger partial charge >= 0.3 is 12.1 Å². The zero-order valence-electron chi connectivity index (χ0n) is 19.3. The van der Waals surface area contributed by atoms with Gasteiger partial charge in [0.15, 0.2) is 0 Å². The second kappa shape index (κ2) is 10.2. The third-order valence-corrected chi connectivity index (χ3v) is 5.24. The molecule has 2 amide bonds. The van der Waals surface area contributed by atoms with E-state index in [0.29, 0.717) is 23.4 Å². The molecule has 10 nitrogen and oxygen atoms in total. The van der Waals surface area contributed by atoms with Crippen molar-refractivity contribution < 1.29 is 32.7 Å². The number of rotatable bonds is 5. The molecule has 1 aromatic carbocycles. The highest BCUT2D eigenvalue weighted by atomic mass is 19.4. The first-order chi connectivity index (χ1) is 16.3. The number of hydrogen-bond acceptors (Lipinski definition) is 5. The molecule has 1 aliphatic heterocycles. The molecule has 0 bridgehead atoms. The van der Waals surface area contributed by atoms with E-state index in [1.54, 1.807) is 17.9 Å². The average Bonchev–Trinajstić information content (AvgIpc) is 3.34. The molecule has 0 fully saturated rings. The third kappa shape index (κ3) is 6.38. The van der Waals surface area contributed by atoms with Crippen LogP contribution < -0.4 is 10.6 Å². The summed E-state index contributed by atoms with van der Waals surface area (Å²) in [5.74, 6) is -3.26. The number of nitrogens with zero attached hydrogens (tertiary/aromatic N) is 4. The lowest BCUT2D eigenvalue weighted by Crippen LogP contribution is -2.48. The second-order valence-electron chi connectivity index (χ2n) is 8.27. The lowest BCUT2D eigenvalue weighted by Gasteiger charge is -2.22. The Balaban J connectivity index is 0.000000429. The SMILES string of the molecule is CN(C)CCn1ccc2ccc(NC(=O)C3Cc4nn(C)cc4C(=O)N3)cc21.O=C(O)C(F)(F)F. The van der Waals surface area contributed by atoms with Crippen LogP contribution in [0.15, 0.2) is 36.7 Å². The number of carbonyl (C=O) groups excluding carboxylic acids is 2. The summed E-state index contributed by atoms with van der Waals surface area (Å²) in [5, 5.41) is 18.2. The van der Waals surface area contributed by atoms with Crippen LogP contribution in [0.5, 0.6) is 0 Å². The van der Waals surface area contributed by atoms with E-state index in [-0.39, 0.29) is 11.8 Å². The van der Waals surface area contributed by atoms with Crippen molar-refractivity contribution in [2.24, 2.45) is 7.05 Å². The molecule has 1 aliphatic rings. The fraction of sp³-hybridized carbons (Fsp3) is 0.364. The predicted molar refractivity (Wildman–Crippen MR) is 121 cm³/mol. The Morgan fingerprint density at radius 3 is 2.60 bits per heavy atom. The number of halogens is 3. The van der Waals surface area contributed by atoms with Crippen LogP contribution in [0.3, 0.4) is 0 Å². The molecule has 4 rings (SSSR count). The molecule has 13 heteroatoms. The van der Waals surface area contributed by atoms with E-state index in [9.17, 15) is 22.8 Å². The van der Waals surface area contributed by atoms with Crippen molar-refractivity contribution in [1.82, 2.24) is 24.6 Å². The van der Waals surface area contributed by atoms with Crippen molar-refractivity contribution in [3.05, 3.63) is 47.9 Å². The number of alkyl halides is 3. The summed E-state index contributed by atoms with van der Waals surface area (Å²) in [6.45, 7) is 1.80. The molecule has 1 unspecified atom stereocenters. The molecule has 0 saturated carbocycles. The molecule has 3 N–H and O–H groups in total. The van der Waals surface area contributed by atoms with Crippen molar-refractivity contribution in [3.63, 3.8) is 0 Å². The first kappa shape index (κ1) is 25.7. The van der Waals surface area contributed by atoms with Gasteiger partial charge in [-0.3, -0.25) is 14.3 Å². The number of nitrogens with one attached hydrogen (secondary N) is 2. The molecule has 0 spiro atoms. The van der Waals surface area contributed by atoms with Gasteiger partial charge in [0.25, 0.3) is 5.91 Å². The number of amides is 2. The van der Waals surface area contributed by atoms with Gasteiger partial charge in [-0.15, -0.1) is 0 Å². The number of carbonyl (C=O) groups is 3.